The Bertz CT molecular complexity index is 2380. The third-order valence-corrected chi connectivity index (χ3v) is 15.5. The van der Waals surface area contributed by atoms with E-state index in [1.165, 1.54) is 4.90 Å². The molecule has 2 amide bonds. The van der Waals surface area contributed by atoms with Gasteiger partial charge in [-0.05, 0) is 140 Å². The molecule has 5 aliphatic rings. The van der Waals surface area contributed by atoms with Gasteiger partial charge in [0.1, 0.15) is 5.41 Å². The Kier molecular flexibility index (Phi) is 17.1. The molecule has 73 heavy (non-hydrogen) atoms. The summed E-state index contributed by atoms with van der Waals surface area (Å²) in [7, 11) is 0. The number of benzene rings is 2. The first kappa shape index (κ1) is 57.1. The van der Waals surface area contributed by atoms with Crippen LogP contribution >= 0.6 is 0 Å². The van der Waals surface area contributed by atoms with Gasteiger partial charge >= 0.3 is 42.7 Å². The number of ether oxygens (including phenoxy) is 2. The van der Waals surface area contributed by atoms with Gasteiger partial charge in [0.2, 0.25) is 0 Å². The Morgan fingerprint density at radius 2 is 1.14 bits per heavy atom. The van der Waals surface area contributed by atoms with E-state index in [1.807, 2.05) is 50.2 Å². The lowest BCUT2D eigenvalue weighted by Gasteiger charge is -2.45. The molecule has 4 heterocycles. The lowest BCUT2D eigenvalue weighted by atomic mass is 9.77. The summed E-state index contributed by atoms with van der Waals surface area (Å²) in [6.07, 6.45) is -16.3. The lowest BCUT2D eigenvalue weighted by Crippen LogP contribution is -2.54. The van der Waals surface area contributed by atoms with Gasteiger partial charge in [-0.15, -0.1) is 0 Å². The summed E-state index contributed by atoms with van der Waals surface area (Å²) in [6.45, 7) is 11.3. The van der Waals surface area contributed by atoms with Crippen molar-refractivity contribution in [3.05, 3.63) is 69.8 Å². The Labute approximate surface area is 419 Å². The number of amides is 2. The zero-order valence-corrected chi connectivity index (χ0v) is 41.8. The number of carboxylic acids is 2. The van der Waals surface area contributed by atoms with Gasteiger partial charge < -0.3 is 29.5 Å². The number of carbonyl (C=O) groups is 4. The first-order chi connectivity index (χ1) is 33.9. The van der Waals surface area contributed by atoms with Crippen molar-refractivity contribution >= 4 is 24.1 Å². The van der Waals surface area contributed by atoms with E-state index in [-0.39, 0.29) is 24.2 Å². The van der Waals surface area contributed by atoms with Crippen molar-refractivity contribution in [2.24, 2.45) is 5.41 Å². The monoisotopic (exact) mass is 1040 g/mol. The molecule has 5 fully saturated rings. The second-order valence-corrected chi connectivity index (χ2v) is 21.0. The zero-order valence-electron chi connectivity index (χ0n) is 41.8. The average molecular weight is 1050 g/mol. The number of aliphatic carboxylic acids is 2. The van der Waals surface area contributed by atoms with Gasteiger partial charge in [0.25, 0.3) is 6.10 Å². The van der Waals surface area contributed by atoms with Gasteiger partial charge in [-0.25, -0.2) is 9.59 Å². The highest BCUT2D eigenvalue weighted by molar-refractivity contribution is 5.82. The maximum atomic E-state index is 12.8. The summed E-state index contributed by atoms with van der Waals surface area (Å²) >= 11 is 0. The van der Waals surface area contributed by atoms with Gasteiger partial charge in [-0.2, -0.15) is 39.5 Å². The fourth-order valence-electron chi connectivity index (χ4n) is 11.1. The summed E-state index contributed by atoms with van der Waals surface area (Å²) in [5.41, 5.74) is 3.02. The number of piperidine rings is 2. The molecule has 1 unspecified atom stereocenters. The average Bonchev–Trinajstić information content (AvgIpc) is 4.05. The van der Waals surface area contributed by atoms with Crippen LogP contribution in [-0.4, -0.2) is 135 Å². The van der Waals surface area contributed by atoms with Gasteiger partial charge in [0.05, 0.1) is 5.41 Å². The van der Waals surface area contributed by atoms with Gasteiger partial charge in [0, 0.05) is 55.9 Å². The van der Waals surface area contributed by atoms with E-state index in [1.54, 1.807) is 13.8 Å². The predicted molar refractivity (Wildman–Crippen MR) is 249 cm³/mol. The molecule has 7 rings (SSSR count). The lowest BCUT2D eigenvalue weighted by molar-refractivity contribution is -0.308. The van der Waals surface area contributed by atoms with Crippen LogP contribution in [0.2, 0.25) is 0 Å². The third kappa shape index (κ3) is 13.4. The second-order valence-electron chi connectivity index (χ2n) is 21.0. The molecule has 0 bridgehead atoms. The number of hydrogen-bond donors (Lipinski definition) is 2. The number of aryl methyl sites for hydroxylation is 2. The molecule has 1 atom stereocenters. The van der Waals surface area contributed by atoms with Crippen molar-refractivity contribution in [2.75, 3.05) is 39.3 Å². The van der Waals surface area contributed by atoms with Crippen LogP contribution in [0, 0.1) is 31.1 Å². The number of likely N-dealkylation sites (tertiary alicyclic amines) is 4. The molecule has 0 radical (unpaired) electrons. The normalized spacial score (nSPS) is 20.6. The third-order valence-electron chi connectivity index (χ3n) is 15.5. The van der Waals surface area contributed by atoms with Gasteiger partial charge in [0.15, 0.2) is 6.10 Å². The smallest absolute Gasteiger partial charge is 0.434 e. The Balaban J connectivity index is 0.000000239. The maximum Gasteiger partial charge on any atom is 0.434 e. The highest BCUT2D eigenvalue weighted by atomic mass is 19.4. The molecular weight excluding hydrogens is 980 g/mol. The molecule has 0 aromatic heterocycles. The first-order valence-electron chi connectivity index (χ1n) is 24.7. The van der Waals surface area contributed by atoms with Crippen molar-refractivity contribution in [1.82, 2.24) is 19.6 Å². The predicted octanol–water partition coefficient (Wildman–Crippen LogP) is 10.9. The van der Waals surface area contributed by atoms with Crippen LogP contribution in [-0.2, 0) is 37.6 Å². The van der Waals surface area contributed by atoms with Crippen LogP contribution in [0.25, 0.3) is 0 Å². The Hall–Kier alpha value is -5.23. The van der Waals surface area contributed by atoms with Crippen molar-refractivity contribution in [3.63, 3.8) is 0 Å². The molecule has 4 saturated heterocycles. The van der Waals surface area contributed by atoms with Crippen LogP contribution in [0.1, 0.15) is 131 Å². The summed E-state index contributed by atoms with van der Waals surface area (Å²) < 4.78 is 124. The molecule has 4 aliphatic heterocycles. The number of carboxylic acid groups (broad SMARTS) is 2. The molecule has 2 aromatic rings. The fourth-order valence-corrected chi connectivity index (χ4v) is 11.1. The SMILES string of the molecule is Cc1cc(CN2CCCC23CCN(C(=O)OC(C(F)(F)F)C(F)(F)F)CC3)cc(C2(C(=O)O)CCCC2)c1.Cc1ccc(CN2CCCC23CCN(C(=O)OC(C)C(F)(F)F)CC3)c(C#CC(C)(C)C(=O)O)c1. The van der Waals surface area contributed by atoms with Crippen molar-refractivity contribution < 1.29 is 78.4 Å². The fraction of sp³-hybridized carbons (Fsp3) is 0.654. The van der Waals surface area contributed by atoms with Crippen molar-refractivity contribution in [2.45, 2.75) is 172 Å². The molecule has 2 aromatic carbocycles. The van der Waals surface area contributed by atoms with E-state index in [0.29, 0.717) is 64.7 Å². The number of rotatable bonds is 9. The Morgan fingerprint density at radius 1 is 0.630 bits per heavy atom. The summed E-state index contributed by atoms with van der Waals surface area (Å²) in [5.74, 6) is 4.15. The number of halogens is 9. The van der Waals surface area contributed by atoms with Gasteiger partial charge in [-0.1, -0.05) is 60.6 Å². The molecule has 1 aliphatic carbocycles. The van der Waals surface area contributed by atoms with E-state index >= 15 is 0 Å². The number of carbonyl (C=O) groups excluding carboxylic acids is 2. The quantitative estimate of drug-likeness (QED) is 0.184. The van der Waals surface area contributed by atoms with Gasteiger partial charge in [-0.3, -0.25) is 19.4 Å². The minimum absolute atomic E-state index is 0.0149. The molecule has 404 valence electrons. The molecule has 2 N–H and O–H groups in total. The molecule has 1 saturated carbocycles. The van der Waals surface area contributed by atoms with Crippen LogP contribution < -0.4 is 0 Å². The largest absolute Gasteiger partial charge is 0.481 e. The first-order valence-corrected chi connectivity index (χ1v) is 24.7. The molecule has 21 heteroatoms. The van der Waals surface area contributed by atoms with E-state index in [2.05, 4.69) is 31.1 Å². The molecule has 2 spiro atoms. The number of alkyl halides is 9. The standard InChI is InChI=1S/C26H32F6N2O4.C26H33F3N2O4/c1-17-13-18(15-19(14-17)24(21(35)36)6-2-3-7-24)16-34-10-4-5-23(34)8-11-33(12-9-23)22(37)38-20(25(27,28)29)26(30,31)32;1-18-6-7-21(20(16-18)8-10-24(3,4)22(32)33)17-31-13-5-9-25(31)11-14-30(15-12-25)23(34)35-19(2)26(27,28)29/h13-15,20H,2-12,16H2,1H3,(H,35,36);6-7,16,19H,5,9,11-15,17H2,1-4H3,(H,32,33). The van der Waals surface area contributed by atoms with Crippen molar-refractivity contribution in [1.29, 1.82) is 0 Å². The highest BCUT2D eigenvalue weighted by Gasteiger charge is 2.60. The van der Waals surface area contributed by atoms with Crippen LogP contribution in [0.15, 0.2) is 36.4 Å². The Morgan fingerprint density at radius 3 is 1.62 bits per heavy atom. The second kappa shape index (κ2) is 21.9. The molecule has 12 nitrogen and oxygen atoms in total. The summed E-state index contributed by atoms with van der Waals surface area (Å²) in [4.78, 5) is 55.0. The summed E-state index contributed by atoms with van der Waals surface area (Å²) in [5, 5.41) is 19.4. The number of hydrogen-bond acceptors (Lipinski definition) is 8. The minimum Gasteiger partial charge on any atom is -0.481 e. The summed E-state index contributed by atoms with van der Waals surface area (Å²) in [6, 6.07) is 11.9. The van der Waals surface area contributed by atoms with Crippen LogP contribution in [0.3, 0.4) is 0 Å². The number of nitrogens with zero attached hydrogens (tertiary/aromatic N) is 4. The highest BCUT2D eigenvalue weighted by Crippen LogP contribution is 2.45. The topological polar surface area (TPSA) is 140 Å². The van der Waals surface area contributed by atoms with Crippen molar-refractivity contribution in [3.8, 4) is 11.8 Å². The van der Waals surface area contributed by atoms with E-state index in [4.69, 9.17) is 0 Å². The van der Waals surface area contributed by atoms with Crippen LogP contribution in [0.5, 0.6) is 0 Å². The van der Waals surface area contributed by atoms with E-state index < -0.39 is 65.7 Å². The van der Waals surface area contributed by atoms with Crippen LogP contribution in [0.4, 0.5) is 49.1 Å². The molecular formula is C52H65F9N4O8. The maximum absolute atomic E-state index is 12.8. The zero-order chi connectivity index (χ0) is 54.0. The minimum atomic E-state index is -5.75. The van der Waals surface area contributed by atoms with E-state index in [9.17, 15) is 68.9 Å². The van der Waals surface area contributed by atoms with E-state index in [0.717, 1.165) is 96.8 Å².